The number of phenolic OH excluding ortho intramolecular Hbond substituents is 1. The van der Waals surface area contributed by atoms with Crippen LogP contribution in [-0.4, -0.2) is 24.7 Å². The Hall–Kier alpha value is -1.55. The van der Waals surface area contributed by atoms with Crippen LogP contribution >= 0.6 is 0 Å². The first kappa shape index (κ1) is 12.5. The van der Waals surface area contributed by atoms with E-state index in [0.717, 1.165) is 16.7 Å². The minimum atomic E-state index is -0.285. The van der Waals surface area contributed by atoms with Crippen molar-refractivity contribution in [3.05, 3.63) is 28.8 Å². The predicted molar refractivity (Wildman–Crippen MR) is 61.3 cm³/mol. The minimum Gasteiger partial charge on any atom is -0.507 e. The molecule has 0 spiro atoms. The lowest BCUT2D eigenvalue weighted by Crippen LogP contribution is -2.23. The Kier molecular flexibility index (Phi) is 4.31. The van der Waals surface area contributed by atoms with E-state index in [1.165, 1.54) is 7.11 Å². The molecule has 0 saturated heterocycles. The lowest BCUT2D eigenvalue weighted by atomic mass is 10.1. The summed E-state index contributed by atoms with van der Waals surface area (Å²) in [5, 5.41) is 12.6. The van der Waals surface area contributed by atoms with Crippen molar-refractivity contribution in [1.29, 1.82) is 0 Å². The predicted octanol–water partition coefficient (Wildman–Crippen LogP) is 1.27. The van der Waals surface area contributed by atoms with E-state index < -0.39 is 0 Å². The Bertz CT molecular complexity index is 365. The van der Waals surface area contributed by atoms with Gasteiger partial charge in [-0.25, -0.2) is 0 Å². The zero-order chi connectivity index (χ0) is 12.1. The van der Waals surface area contributed by atoms with E-state index in [0.29, 0.717) is 12.3 Å². The number of esters is 1. The SMILES string of the molecule is COC(=O)CNCc1cc(C)c(O)c(C)c1. The molecule has 0 unspecified atom stereocenters. The summed E-state index contributed by atoms with van der Waals surface area (Å²) in [6.45, 7) is 4.48. The number of methoxy groups -OCH3 is 1. The van der Waals surface area contributed by atoms with Gasteiger partial charge in [-0.3, -0.25) is 4.79 Å². The molecule has 4 heteroatoms. The molecule has 0 aliphatic carbocycles. The van der Waals surface area contributed by atoms with Gasteiger partial charge in [-0.1, -0.05) is 12.1 Å². The number of benzene rings is 1. The van der Waals surface area contributed by atoms with Crippen LogP contribution in [-0.2, 0) is 16.1 Å². The smallest absolute Gasteiger partial charge is 0.319 e. The number of aryl methyl sites for hydroxylation is 2. The van der Waals surface area contributed by atoms with Crippen LogP contribution in [0.4, 0.5) is 0 Å². The molecule has 1 aromatic rings. The Balaban J connectivity index is 2.58. The topological polar surface area (TPSA) is 58.6 Å². The monoisotopic (exact) mass is 223 g/mol. The zero-order valence-corrected chi connectivity index (χ0v) is 9.83. The highest BCUT2D eigenvalue weighted by Crippen LogP contribution is 2.22. The summed E-state index contributed by atoms with van der Waals surface area (Å²) in [4.78, 5) is 10.9. The molecule has 0 radical (unpaired) electrons. The normalized spacial score (nSPS) is 10.2. The van der Waals surface area contributed by atoms with Crippen LogP contribution in [0, 0.1) is 13.8 Å². The average Bonchev–Trinajstić information content (AvgIpc) is 2.25. The summed E-state index contributed by atoms with van der Waals surface area (Å²) in [7, 11) is 1.36. The number of hydrogen-bond donors (Lipinski definition) is 2. The molecule has 0 bridgehead atoms. The number of phenols is 1. The van der Waals surface area contributed by atoms with Gasteiger partial charge in [0.15, 0.2) is 0 Å². The largest absolute Gasteiger partial charge is 0.507 e. The van der Waals surface area contributed by atoms with Gasteiger partial charge in [0.2, 0.25) is 0 Å². The second-order valence-corrected chi connectivity index (χ2v) is 3.76. The molecule has 4 nitrogen and oxygen atoms in total. The molecule has 0 atom stereocenters. The van der Waals surface area contributed by atoms with Crippen LogP contribution in [0.2, 0.25) is 0 Å². The number of ether oxygens (including phenoxy) is 1. The minimum absolute atomic E-state index is 0.190. The average molecular weight is 223 g/mol. The van der Waals surface area contributed by atoms with Gasteiger partial charge in [0.25, 0.3) is 0 Å². The van der Waals surface area contributed by atoms with E-state index in [4.69, 9.17) is 0 Å². The third-order valence-electron chi connectivity index (χ3n) is 2.38. The van der Waals surface area contributed by atoms with Crippen molar-refractivity contribution in [2.45, 2.75) is 20.4 Å². The summed E-state index contributed by atoms with van der Waals surface area (Å²) in [6.07, 6.45) is 0. The zero-order valence-electron chi connectivity index (χ0n) is 9.83. The number of carbonyl (C=O) groups excluding carboxylic acids is 1. The van der Waals surface area contributed by atoms with Gasteiger partial charge in [-0.05, 0) is 30.5 Å². The molecule has 0 aliphatic heterocycles. The maximum absolute atomic E-state index is 10.9. The van der Waals surface area contributed by atoms with Crippen LogP contribution in [0.15, 0.2) is 12.1 Å². The lowest BCUT2D eigenvalue weighted by molar-refractivity contribution is -0.139. The van der Waals surface area contributed by atoms with Crippen LogP contribution in [0.1, 0.15) is 16.7 Å². The van der Waals surface area contributed by atoms with Crippen LogP contribution in [0.25, 0.3) is 0 Å². The molecule has 2 N–H and O–H groups in total. The lowest BCUT2D eigenvalue weighted by Gasteiger charge is -2.08. The Morgan fingerprint density at radius 1 is 1.38 bits per heavy atom. The molecule has 0 fully saturated rings. The van der Waals surface area contributed by atoms with E-state index in [1.807, 2.05) is 26.0 Å². The van der Waals surface area contributed by atoms with Crippen molar-refractivity contribution < 1.29 is 14.6 Å². The van der Waals surface area contributed by atoms with Crippen LogP contribution < -0.4 is 5.32 Å². The molecule has 16 heavy (non-hydrogen) atoms. The van der Waals surface area contributed by atoms with Crippen molar-refractivity contribution in [3.8, 4) is 5.75 Å². The number of hydrogen-bond acceptors (Lipinski definition) is 4. The van der Waals surface area contributed by atoms with E-state index >= 15 is 0 Å². The quantitative estimate of drug-likeness (QED) is 0.755. The summed E-state index contributed by atoms with van der Waals surface area (Å²) < 4.78 is 4.51. The van der Waals surface area contributed by atoms with Gasteiger partial charge in [0.05, 0.1) is 13.7 Å². The molecule has 1 aromatic carbocycles. The molecule has 88 valence electrons. The Labute approximate surface area is 95.2 Å². The molecule has 0 aromatic heterocycles. The third kappa shape index (κ3) is 3.24. The summed E-state index contributed by atoms with van der Waals surface area (Å²) in [5.41, 5.74) is 2.72. The molecular formula is C12H17NO3. The second kappa shape index (κ2) is 5.51. The fourth-order valence-electron chi connectivity index (χ4n) is 1.53. The summed E-state index contributed by atoms with van der Waals surface area (Å²) >= 11 is 0. The fourth-order valence-corrected chi connectivity index (χ4v) is 1.53. The van der Waals surface area contributed by atoms with E-state index in [1.54, 1.807) is 0 Å². The first-order valence-corrected chi connectivity index (χ1v) is 5.11. The van der Waals surface area contributed by atoms with Gasteiger partial charge in [0.1, 0.15) is 5.75 Å². The highest BCUT2D eigenvalue weighted by atomic mass is 16.5. The first-order chi connectivity index (χ1) is 7.54. The maximum atomic E-state index is 10.9. The standard InChI is InChI=1S/C12H17NO3/c1-8-4-10(5-9(2)12(8)15)6-13-7-11(14)16-3/h4-5,13,15H,6-7H2,1-3H3. The summed E-state index contributed by atoms with van der Waals surface area (Å²) in [6, 6.07) is 3.79. The number of aromatic hydroxyl groups is 1. The Morgan fingerprint density at radius 3 is 2.44 bits per heavy atom. The van der Waals surface area contributed by atoms with Gasteiger partial charge >= 0.3 is 5.97 Å². The summed E-state index contributed by atoms with van der Waals surface area (Å²) in [5.74, 6) is 0.0453. The van der Waals surface area contributed by atoms with E-state index in [2.05, 4.69) is 10.1 Å². The van der Waals surface area contributed by atoms with Gasteiger partial charge in [-0.15, -0.1) is 0 Å². The van der Waals surface area contributed by atoms with E-state index in [9.17, 15) is 9.90 Å². The van der Waals surface area contributed by atoms with Crippen LogP contribution in [0.3, 0.4) is 0 Å². The first-order valence-electron chi connectivity index (χ1n) is 5.11. The third-order valence-corrected chi connectivity index (χ3v) is 2.38. The van der Waals surface area contributed by atoms with Crippen molar-refractivity contribution in [1.82, 2.24) is 5.32 Å². The van der Waals surface area contributed by atoms with Gasteiger partial charge in [0, 0.05) is 6.54 Å². The Morgan fingerprint density at radius 2 is 1.94 bits per heavy atom. The van der Waals surface area contributed by atoms with Crippen molar-refractivity contribution in [2.24, 2.45) is 0 Å². The second-order valence-electron chi connectivity index (χ2n) is 3.76. The van der Waals surface area contributed by atoms with E-state index in [-0.39, 0.29) is 12.5 Å². The van der Waals surface area contributed by atoms with Crippen molar-refractivity contribution >= 4 is 5.97 Å². The molecule has 0 heterocycles. The highest BCUT2D eigenvalue weighted by molar-refractivity contribution is 5.71. The van der Waals surface area contributed by atoms with Crippen molar-refractivity contribution in [3.63, 3.8) is 0 Å². The maximum Gasteiger partial charge on any atom is 0.319 e. The fraction of sp³-hybridized carbons (Fsp3) is 0.417. The highest BCUT2D eigenvalue weighted by Gasteiger charge is 2.04. The van der Waals surface area contributed by atoms with Crippen molar-refractivity contribution in [2.75, 3.05) is 13.7 Å². The molecular weight excluding hydrogens is 206 g/mol. The number of rotatable bonds is 4. The van der Waals surface area contributed by atoms with Gasteiger partial charge < -0.3 is 15.2 Å². The van der Waals surface area contributed by atoms with Gasteiger partial charge in [-0.2, -0.15) is 0 Å². The molecule has 1 rings (SSSR count). The number of nitrogens with one attached hydrogen (secondary N) is 1. The van der Waals surface area contributed by atoms with Crippen LogP contribution in [0.5, 0.6) is 5.75 Å². The molecule has 0 saturated carbocycles. The molecule has 0 aliphatic rings. The molecule has 0 amide bonds. The number of carbonyl (C=O) groups is 1.